The summed E-state index contributed by atoms with van der Waals surface area (Å²) >= 11 is 0. The lowest BCUT2D eigenvalue weighted by molar-refractivity contribution is 0.0732. The van der Waals surface area contributed by atoms with Gasteiger partial charge in [-0.05, 0) is 12.1 Å². The van der Waals surface area contributed by atoms with E-state index in [1.807, 2.05) is 4.98 Å². The maximum absolute atomic E-state index is 11.6. The second-order valence-corrected chi connectivity index (χ2v) is 3.19. The molecule has 0 saturated heterocycles. The van der Waals surface area contributed by atoms with Crippen LogP contribution in [0.1, 0.15) is 10.4 Å². The largest absolute Gasteiger partial charge is 0.423 e. The molecule has 0 aliphatic carbocycles. The number of para-hydroxylation sites is 1. The first-order valence-corrected chi connectivity index (χ1v) is 4.76. The van der Waals surface area contributed by atoms with Gasteiger partial charge in [-0.3, -0.25) is 9.78 Å². The lowest BCUT2D eigenvalue weighted by Crippen LogP contribution is -2.28. The second-order valence-electron chi connectivity index (χ2n) is 3.19. The number of hydrogen-bond donors (Lipinski definition) is 2. The molecular weight excluding hydrogens is 224 g/mol. The fourth-order valence-electron chi connectivity index (χ4n) is 1.21. The molecule has 0 spiro atoms. The molecule has 0 saturated carbocycles. The zero-order valence-electron chi connectivity index (χ0n) is 8.60. The number of esters is 1. The Hall–Kier alpha value is -2.63. The normalized spacial score (nSPS) is 9.88. The van der Waals surface area contributed by atoms with Crippen LogP contribution in [-0.2, 0) is 0 Å². The molecule has 0 bridgehead atoms. The number of ether oxygens (including phenoxy) is 1. The lowest BCUT2D eigenvalue weighted by Gasteiger charge is -2.02. The van der Waals surface area contributed by atoms with Crippen LogP contribution in [0.5, 0.6) is 5.75 Å². The number of nitrogens with one attached hydrogen (secondary N) is 2. The summed E-state index contributed by atoms with van der Waals surface area (Å²) in [5.41, 5.74) is -1.71. The van der Waals surface area contributed by atoms with Crippen LogP contribution >= 0.6 is 0 Å². The first kappa shape index (κ1) is 10.9. The molecule has 1 heterocycles. The van der Waals surface area contributed by atoms with Gasteiger partial charge >= 0.3 is 11.7 Å². The van der Waals surface area contributed by atoms with Crippen molar-refractivity contribution in [3.05, 3.63) is 62.9 Å². The van der Waals surface area contributed by atoms with Gasteiger partial charge in [0.2, 0.25) is 0 Å². The quantitative estimate of drug-likeness (QED) is 0.574. The van der Waals surface area contributed by atoms with Gasteiger partial charge in [-0.25, -0.2) is 9.59 Å². The Morgan fingerprint density at radius 1 is 1.12 bits per heavy atom. The third-order valence-corrected chi connectivity index (χ3v) is 1.99. The number of benzene rings is 1. The molecule has 86 valence electrons. The topological polar surface area (TPSA) is 92.0 Å². The van der Waals surface area contributed by atoms with Crippen molar-refractivity contribution in [2.24, 2.45) is 0 Å². The Kier molecular flexibility index (Phi) is 2.87. The second kappa shape index (κ2) is 4.48. The van der Waals surface area contributed by atoms with Gasteiger partial charge in [-0.2, -0.15) is 0 Å². The lowest BCUT2D eigenvalue weighted by atomic mass is 10.3. The van der Waals surface area contributed by atoms with Crippen molar-refractivity contribution in [3.8, 4) is 5.75 Å². The number of aromatic nitrogens is 2. The minimum Gasteiger partial charge on any atom is -0.423 e. The van der Waals surface area contributed by atoms with Crippen molar-refractivity contribution >= 4 is 5.97 Å². The molecule has 2 N–H and O–H groups in total. The van der Waals surface area contributed by atoms with Crippen LogP contribution in [0.2, 0.25) is 0 Å². The van der Waals surface area contributed by atoms with E-state index in [1.165, 1.54) is 0 Å². The van der Waals surface area contributed by atoms with Crippen LogP contribution in [0.4, 0.5) is 0 Å². The van der Waals surface area contributed by atoms with E-state index in [-0.39, 0.29) is 5.56 Å². The average Bonchev–Trinajstić information content (AvgIpc) is 2.30. The van der Waals surface area contributed by atoms with Gasteiger partial charge in [-0.15, -0.1) is 0 Å². The molecule has 0 aliphatic heterocycles. The number of H-pyrrole nitrogens is 2. The molecule has 0 atom stereocenters. The van der Waals surface area contributed by atoms with Crippen molar-refractivity contribution in [2.75, 3.05) is 0 Å². The molecule has 1 aromatic carbocycles. The Bertz CT molecular complexity index is 642. The van der Waals surface area contributed by atoms with E-state index in [0.717, 1.165) is 6.20 Å². The van der Waals surface area contributed by atoms with Crippen molar-refractivity contribution in [2.45, 2.75) is 0 Å². The summed E-state index contributed by atoms with van der Waals surface area (Å²) in [5, 5.41) is 0. The molecule has 6 heteroatoms. The van der Waals surface area contributed by atoms with Gasteiger partial charge in [0.25, 0.3) is 5.56 Å². The van der Waals surface area contributed by atoms with Gasteiger partial charge in [0.15, 0.2) is 0 Å². The highest BCUT2D eigenvalue weighted by atomic mass is 16.5. The number of carbonyl (C=O) groups excluding carboxylic acids is 1. The zero-order chi connectivity index (χ0) is 12.3. The highest BCUT2D eigenvalue weighted by Crippen LogP contribution is 2.09. The third-order valence-electron chi connectivity index (χ3n) is 1.99. The maximum atomic E-state index is 11.6. The predicted molar refractivity (Wildman–Crippen MR) is 59.1 cm³/mol. The SMILES string of the molecule is O=C(Oc1ccccc1)c1c[nH]c(=O)[nH]c1=O. The monoisotopic (exact) mass is 232 g/mol. The fourth-order valence-corrected chi connectivity index (χ4v) is 1.21. The molecule has 2 aromatic rings. The van der Waals surface area contributed by atoms with Crippen LogP contribution in [0.25, 0.3) is 0 Å². The van der Waals surface area contributed by atoms with Crippen LogP contribution < -0.4 is 16.0 Å². The summed E-state index contributed by atoms with van der Waals surface area (Å²) in [5.74, 6) is -0.503. The van der Waals surface area contributed by atoms with E-state index in [4.69, 9.17) is 4.74 Å². The molecule has 2 rings (SSSR count). The van der Waals surface area contributed by atoms with Crippen LogP contribution in [-0.4, -0.2) is 15.9 Å². The first-order chi connectivity index (χ1) is 8.16. The first-order valence-electron chi connectivity index (χ1n) is 4.76. The van der Waals surface area contributed by atoms with E-state index in [0.29, 0.717) is 5.75 Å². The van der Waals surface area contributed by atoms with Gasteiger partial charge in [0, 0.05) is 6.20 Å². The molecule has 6 nitrogen and oxygen atoms in total. The number of rotatable bonds is 2. The fraction of sp³-hybridized carbons (Fsp3) is 0. The molecule has 0 fully saturated rings. The highest BCUT2D eigenvalue weighted by molar-refractivity contribution is 5.90. The van der Waals surface area contributed by atoms with Gasteiger partial charge in [0.05, 0.1) is 0 Å². The van der Waals surface area contributed by atoms with E-state index < -0.39 is 17.2 Å². The Balaban J connectivity index is 2.27. The van der Waals surface area contributed by atoms with Gasteiger partial charge < -0.3 is 9.72 Å². The summed E-state index contributed by atoms with van der Waals surface area (Å²) in [7, 11) is 0. The molecule has 1 aromatic heterocycles. The third kappa shape index (κ3) is 2.49. The van der Waals surface area contributed by atoms with E-state index in [2.05, 4.69) is 4.98 Å². The van der Waals surface area contributed by atoms with Gasteiger partial charge in [-0.1, -0.05) is 18.2 Å². The van der Waals surface area contributed by atoms with Crippen molar-refractivity contribution < 1.29 is 9.53 Å². The minimum absolute atomic E-state index is 0.256. The minimum atomic E-state index is -0.825. The van der Waals surface area contributed by atoms with Crippen LogP contribution in [0.15, 0.2) is 46.1 Å². The Morgan fingerprint density at radius 2 is 1.82 bits per heavy atom. The highest BCUT2D eigenvalue weighted by Gasteiger charge is 2.13. The summed E-state index contributed by atoms with van der Waals surface area (Å²) in [4.78, 5) is 37.8. The summed E-state index contributed by atoms with van der Waals surface area (Å²) in [6.45, 7) is 0. The number of hydrogen-bond acceptors (Lipinski definition) is 4. The Morgan fingerprint density at radius 3 is 2.47 bits per heavy atom. The summed E-state index contributed by atoms with van der Waals surface area (Å²) in [6.07, 6.45) is 1.02. The van der Waals surface area contributed by atoms with Crippen molar-refractivity contribution in [1.29, 1.82) is 0 Å². The van der Waals surface area contributed by atoms with Crippen molar-refractivity contribution in [1.82, 2.24) is 9.97 Å². The smallest absolute Gasteiger partial charge is 0.350 e. The molecule has 0 aliphatic rings. The Labute approximate surface area is 94.9 Å². The van der Waals surface area contributed by atoms with E-state index in [1.54, 1.807) is 30.3 Å². The maximum Gasteiger partial charge on any atom is 0.350 e. The summed E-state index contributed by atoms with van der Waals surface area (Å²) in [6, 6.07) is 8.32. The summed E-state index contributed by atoms with van der Waals surface area (Å²) < 4.78 is 4.94. The average molecular weight is 232 g/mol. The molecule has 17 heavy (non-hydrogen) atoms. The zero-order valence-corrected chi connectivity index (χ0v) is 8.60. The van der Waals surface area contributed by atoms with Crippen LogP contribution in [0, 0.1) is 0 Å². The molecular formula is C11H8N2O4. The standard InChI is InChI=1S/C11H8N2O4/c14-9-8(6-12-11(16)13-9)10(15)17-7-4-2-1-3-5-7/h1-6H,(H2,12,13,14,16). The number of carbonyl (C=O) groups is 1. The predicted octanol–water partition coefficient (Wildman–Crippen LogP) is 0.282. The van der Waals surface area contributed by atoms with E-state index >= 15 is 0 Å². The molecule has 0 unspecified atom stereocenters. The molecule has 0 radical (unpaired) electrons. The van der Waals surface area contributed by atoms with Crippen LogP contribution in [0.3, 0.4) is 0 Å². The molecule has 0 amide bonds. The van der Waals surface area contributed by atoms with Gasteiger partial charge in [0.1, 0.15) is 11.3 Å². The van der Waals surface area contributed by atoms with E-state index in [9.17, 15) is 14.4 Å². The number of aromatic amines is 2. The van der Waals surface area contributed by atoms with Crippen molar-refractivity contribution in [3.63, 3.8) is 0 Å².